The zero-order valence-electron chi connectivity index (χ0n) is 10.4. The minimum absolute atomic E-state index is 0.120. The number of benzene rings is 1. The molecule has 1 rings (SSSR count). The Bertz CT molecular complexity index is 392. The third-order valence-corrected chi connectivity index (χ3v) is 3.37. The van der Waals surface area contributed by atoms with Crippen LogP contribution >= 0.6 is 15.9 Å². The van der Waals surface area contributed by atoms with Gasteiger partial charge in [-0.2, -0.15) is 0 Å². The van der Waals surface area contributed by atoms with Crippen molar-refractivity contribution < 1.29 is 4.39 Å². The molecule has 0 aliphatic rings. The van der Waals surface area contributed by atoms with Gasteiger partial charge in [-0.15, -0.1) is 6.58 Å². The highest BCUT2D eigenvalue weighted by Gasteiger charge is 2.21. The topological polar surface area (TPSA) is 12.0 Å². The lowest BCUT2D eigenvalue weighted by atomic mass is 9.83. The van der Waals surface area contributed by atoms with Crippen molar-refractivity contribution in [1.29, 1.82) is 0 Å². The summed E-state index contributed by atoms with van der Waals surface area (Å²) < 4.78 is 14.5. The Morgan fingerprint density at radius 3 is 2.76 bits per heavy atom. The van der Waals surface area contributed by atoms with E-state index in [0.29, 0.717) is 6.42 Å². The van der Waals surface area contributed by atoms with Gasteiger partial charge in [0.05, 0.1) is 0 Å². The Labute approximate surface area is 111 Å². The fraction of sp³-hybridized carbons (Fsp3) is 0.429. The Kier molecular flexibility index (Phi) is 5.34. The second kappa shape index (κ2) is 6.31. The molecule has 0 heterocycles. The second-order valence-corrected chi connectivity index (χ2v) is 5.47. The standard InChI is InChI=1S/C14H19BrFN/c1-4-14(3,10-17-5-2)9-11-6-7-12(15)8-13(11)16/h4,6-8,17H,1,5,9-10H2,2-3H3. The number of hydrogen-bond donors (Lipinski definition) is 1. The Hall–Kier alpha value is -0.670. The molecule has 0 bridgehead atoms. The summed E-state index contributed by atoms with van der Waals surface area (Å²) in [5, 5.41) is 3.29. The summed E-state index contributed by atoms with van der Waals surface area (Å²) in [6, 6.07) is 5.20. The van der Waals surface area contributed by atoms with Gasteiger partial charge in [0, 0.05) is 16.4 Å². The van der Waals surface area contributed by atoms with Crippen molar-refractivity contribution in [2.45, 2.75) is 20.3 Å². The third-order valence-electron chi connectivity index (χ3n) is 2.88. The number of rotatable bonds is 6. The molecule has 0 amide bonds. The molecule has 0 aliphatic heterocycles. The van der Waals surface area contributed by atoms with E-state index in [0.717, 1.165) is 23.1 Å². The predicted octanol–water partition coefficient (Wildman–Crippen LogP) is 3.93. The molecule has 17 heavy (non-hydrogen) atoms. The van der Waals surface area contributed by atoms with Gasteiger partial charge in [0.25, 0.3) is 0 Å². The quantitative estimate of drug-likeness (QED) is 0.785. The molecule has 0 fully saturated rings. The van der Waals surface area contributed by atoms with Gasteiger partial charge in [-0.1, -0.05) is 41.9 Å². The van der Waals surface area contributed by atoms with Gasteiger partial charge in [0.15, 0.2) is 0 Å². The van der Waals surface area contributed by atoms with E-state index in [2.05, 4.69) is 41.7 Å². The number of halogens is 2. The van der Waals surface area contributed by atoms with Gasteiger partial charge in [-0.25, -0.2) is 4.39 Å². The third kappa shape index (κ3) is 4.25. The van der Waals surface area contributed by atoms with Crippen LogP contribution < -0.4 is 5.32 Å². The van der Waals surface area contributed by atoms with Crippen molar-refractivity contribution in [3.63, 3.8) is 0 Å². The lowest BCUT2D eigenvalue weighted by Gasteiger charge is -2.26. The molecule has 0 radical (unpaired) electrons. The van der Waals surface area contributed by atoms with E-state index in [1.807, 2.05) is 18.2 Å². The normalized spacial score (nSPS) is 14.4. The molecule has 0 spiro atoms. The van der Waals surface area contributed by atoms with Crippen LogP contribution in [0.15, 0.2) is 35.3 Å². The molecule has 0 aliphatic carbocycles. The second-order valence-electron chi connectivity index (χ2n) is 4.55. The van der Waals surface area contributed by atoms with Crippen LogP contribution in [0, 0.1) is 11.2 Å². The van der Waals surface area contributed by atoms with Crippen molar-refractivity contribution in [1.82, 2.24) is 5.32 Å². The molecule has 94 valence electrons. The van der Waals surface area contributed by atoms with Crippen LogP contribution in [0.1, 0.15) is 19.4 Å². The average Bonchev–Trinajstić information content (AvgIpc) is 2.30. The smallest absolute Gasteiger partial charge is 0.127 e. The molecule has 1 aromatic rings. The summed E-state index contributed by atoms with van der Waals surface area (Å²) in [5.41, 5.74) is 0.610. The molecular weight excluding hydrogens is 281 g/mol. The minimum Gasteiger partial charge on any atom is -0.316 e. The first-order valence-electron chi connectivity index (χ1n) is 5.79. The van der Waals surface area contributed by atoms with Gasteiger partial charge in [0.2, 0.25) is 0 Å². The lowest BCUT2D eigenvalue weighted by Crippen LogP contribution is -2.32. The van der Waals surface area contributed by atoms with E-state index < -0.39 is 0 Å². The van der Waals surface area contributed by atoms with E-state index in [1.54, 1.807) is 0 Å². The molecule has 1 nitrogen and oxygen atoms in total. The van der Waals surface area contributed by atoms with Crippen LogP contribution in [0.4, 0.5) is 4.39 Å². The van der Waals surface area contributed by atoms with Gasteiger partial charge >= 0.3 is 0 Å². The summed E-state index contributed by atoms with van der Waals surface area (Å²) in [5.74, 6) is -0.163. The zero-order chi connectivity index (χ0) is 12.9. The van der Waals surface area contributed by atoms with Crippen LogP contribution in [0.3, 0.4) is 0 Å². The van der Waals surface area contributed by atoms with Crippen LogP contribution in [-0.4, -0.2) is 13.1 Å². The summed E-state index contributed by atoms with van der Waals surface area (Å²) in [7, 11) is 0. The lowest BCUT2D eigenvalue weighted by molar-refractivity contribution is 0.389. The van der Waals surface area contributed by atoms with Crippen LogP contribution in [0.2, 0.25) is 0 Å². The fourth-order valence-corrected chi connectivity index (χ4v) is 2.05. The summed E-state index contributed by atoms with van der Waals surface area (Å²) in [6.45, 7) is 9.72. The number of nitrogens with one attached hydrogen (secondary N) is 1. The van der Waals surface area contributed by atoms with Crippen molar-refractivity contribution in [2.24, 2.45) is 5.41 Å². The summed E-state index contributed by atoms with van der Waals surface area (Å²) >= 11 is 3.26. The maximum Gasteiger partial charge on any atom is 0.127 e. The summed E-state index contributed by atoms with van der Waals surface area (Å²) in [4.78, 5) is 0. The minimum atomic E-state index is -0.163. The Morgan fingerprint density at radius 1 is 1.53 bits per heavy atom. The Balaban J connectivity index is 2.83. The Morgan fingerprint density at radius 2 is 2.24 bits per heavy atom. The van der Waals surface area contributed by atoms with Crippen LogP contribution in [0.25, 0.3) is 0 Å². The first kappa shape index (κ1) is 14.4. The largest absolute Gasteiger partial charge is 0.316 e. The maximum absolute atomic E-state index is 13.8. The van der Waals surface area contributed by atoms with Crippen LogP contribution in [0.5, 0.6) is 0 Å². The van der Waals surface area contributed by atoms with Crippen molar-refractivity contribution >= 4 is 15.9 Å². The highest BCUT2D eigenvalue weighted by atomic mass is 79.9. The van der Waals surface area contributed by atoms with E-state index in [9.17, 15) is 4.39 Å². The first-order chi connectivity index (χ1) is 8.00. The monoisotopic (exact) mass is 299 g/mol. The maximum atomic E-state index is 13.8. The predicted molar refractivity (Wildman–Crippen MR) is 74.7 cm³/mol. The highest BCUT2D eigenvalue weighted by molar-refractivity contribution is 9.10. The molecular formula is C14H19BrFN. The van der Waals surface area contributed by atoms with E-state index >= 15 is 0 Å². The SMILES string of the molecule is C=CC(C)(CNCC)Cc1ccc(Br)cc1F. The van der Waals surface area contributed by atoms with Gasteiger partial charge in [-0.3, -0.25) is 0 Å². The van der Waals surface area contributed by atoms with Crippen LogP contribution in [-0.2, 0) is 6.42 Å². The van der Waals surface area contributed by atoms with E-state index in [1.165, 1.54) is 6.07 Å². The van der Waals surface area contributed by atoms with Crippen molar-refractivity contribution in [2.75, 3.05) is 13.1 Å². The fourth-order valence-electron chi connectivity index (χ4n) is 1.72. The molecule has 1 atom stereocenters. The van der Waals surface area contributed by atoms with Crippen molar-refractivity contribution in [3.05, 3.63) is 46.7 Å². The van der Waals surface area contributed by atoms with Gasteiger partial charge in [-0.05, 0) is 30.7 Å². The zero-order valence-corrected chi connectivity index (χ0v) is 12.0. The molecule has 0 aromatic heterocycles. The first-order valence-corrected chi connectivity index (χ1v) is 6.58. The summed E-state index contributed by atoms with van der Waals surface area (Å²) in [6.07, 6.45) is 2.56. The van der Waals surface area contributed by atoms with Gasteiger partial charge < -0.3 is 5.32 Å². The molecule has 0 saturated carbocycles. The van der Waals surface area contributed by atoms with E-state index in [-0.39, 0.29) is 11.2 Å². The molecule has 0 saturated heterocycles. The molecule has 1 aromatic carbocycles. The van der Waals surface area contributed by atoms with E-state index in [4.69, 9.17) is 0 Å². The molecule has 1 N–H and O–H groups in total. The number of hydrogen-bond acceptors (Lipinski definition) is 1. The highest BCUT2D eigenvalue weighted by Crippen LogP contribution is 2.26. The van der Waals surface area contributed by atoms with Gasteiger partial charge in [0.1, 0.15) is 5.82 Å². The molecule has 3 heteroatoms. The average molecular weight is 300 g/mol. The van der Waals surface area contributed by atoms with Crippen molar-refractivity contribution in [3.8, 4) is 0 Å². The molecule has 1 unspecified atom stereocenters.